The van der Waals surface area contributed by atoms with Crippen molar-refractivity contribution in [2.75, 3.05) is 0 Å². The summed E-state index contributed by atoms with van der Waals surface area (Å²) in [5.41, 5.74) is 4.24. The summed E-state index contributed by atoms with van der Waals surface area (Å²) < 4.78 is 6.03. The van der Waals surface area contributed by atoms with Crippen LogP contribution in [-0.4, -0.2) is 0 Å². The highest BCUT2D eigenvalue weighted by atomic mass is 16.3. The fourth-order valence-electron chi connectivity index (χ4n) is 2.76. The molecule has 0 amide bonds. The number of hydrogen-bond acceptors (Lipinski definition) is 1. The number of furan rings is 1. The van der Waals surface area contributed by atoms with E-state index in [4.69, 9.17) is 11.0 Å². The number of para-hydroxylation sites is 3. The van der Waals surface area contributed by atoms with Crippen molar-refractivity contribution >= 4 is 27.6 Å². The number of fused-ring (bicyclic) bond motifs is 3. The Morgan fingerprint density at radius 1 is 0.714 bits per heavy atom. The Balaban J connectivity index is 2.13. The molecule has 0 aliphatic rings. The van der Waals surface area contributed by atoms with E-state index in [-0.39, 0.29) is 0 Å². The summed E-state index contributed by atoms with van der Waals surface area (Å²) in [7, 11) is 0. The second-order valence-corrected chi connectivity index (χ2v) is 4.91. The molecule has 4 rings (SSSR count). The van der Waals surface area contributed by atoms with Crippen molar-refractivity contribution < 1.29 is 4.42 Å². The summed E-state index contributed by atoms with van der Waals surface area (Å²) in [6.07, 6.45) is 0. The van der Waals surface area contributed by atoms with Crippen molar-refractivity contribution in [3.05, 3.63) is 78.1 Å². The first kappa shape index (κ1) is 11.7. The largest absolute Gasteiger partial charge is 0.455 e. The highest BCUT2D eigenvalue weighted by Crippen LogP contribution is 2.38. The monoisotopic (exact) mass is 269 g/mol. The topological polar surface area (TPSA) is 17.5 Å². The smallest absolute Gasteiger partial charge is 0.195 e. The van der Waals surface area contributed by atoms with Crippen LogP contribution in [0.4, 0.5) is 5.69 Å². The van der Waals surface area contributed by atoms with E-state index in [1.54, 1.807) is 0 Å². The third kappa shape index (κ3) is 1.72. The van der Waals surface area contributed by atoms with Crippen molar-refractivity contribution in [3.8, 4) is 11.1 Å². The molecule has 1 aromatic heterocycles. The third-order valence-electron chi connectivity index (χ3n) is 3.72. The molecule has 2 heteroatoms. The zero-order chi connectivity index (χ0) is 14.2. The zero-order valence-electron chi connectivity index (χ0n) is 11.2. The molecule has 3 aromatic carbocycles. The van der Waals surface area contributed by atoms with Gasteiger partial charge in [-0.3, -0.25) is 0 Å². The van der Waals surface area contributed by atoms with Gasteiger partial charge < -0.3 is 4.42 Å². The van der Waals surface area contributed by atoms with Gasteiger partial charge in [0.2, 0.25) is 0 Å². The summed E-state index contributed by atoms with van der Waals surface area (Å²) in [5.74, 6) is 0. The Bertz CT molecular complexity index is 1000. The molecule has 21 heavy (non-hydrogen) atoms. The molecule has 0 aliphatic heterocycles. The Labute approximate surface area is 122 Å². The van der Waals surface area contributed by atoms with E-state index < -0.39 is 0 Å². The average molecular weight is 269 g/mol. The van der Waals surface area contributed by atoms with Gasteiger partial charge in [0, 0.05) is 16.3 Å². The van der Waals surface area contributed by atoms with Gasteiger partial charge in [-0.1, -0.05) is 60.7 Å². The molecule has 98 valence electrons. The van der Waals surface area contributed by atoms with Gasteiger partial charge >= 0.3 is 0 Å². The lowest BCUT2D eigenvalue weighted by Crippen LogP contribution is -1.79. The summed E-state index contributed by atoms with van der Waals surface area (Å²) in [5, 5.41) is 2.19. The van der Waals surface area contributed by atoms with E-state index in [0.29, 0.717) is 5.69 Å². The Kier molecular flexibility index (Phi) is 2.52. The first-order valence-electron chi connectivity index (χ1n) is 6.75. The van der Waals surface area contributed by atoms with Crippen LogP contribution in [-0.2, 0) is 0 Å². The molecular formula is C19H11NO. The maximum Gasteiger partial charge on any atom is 0.195 e. The highest BCUT2D eigenvalue weighted by molar-refractivity contribution is 6.10. The molecule has 0 bridgehead atoms. The van der Waals surface area contributed by atoms with E-state index >= 15 is 0 Å². The minimum atomic E-state index is 0.644. The predicted molar refractivity (Wildman–Crippen MR) is 85.4 cm³/mol. The maximum absolute atomic E-state index is 7.34. The van der Waals surface area contributed by atoms with Gasteiger partial charge in [-0.05, 0) is 11.6 Å². The summed E-state index contributed by atoms with van der Waals surface area (Å²) >= 11 is 0. The van der Waals surface area contributed by atoms with Crippen molar-refractivity contribution in [1.29, 1.82) is 0 Å². The van der Waals surface area contributed by atoms with E-state index in [9.17, 15) is 0 Å². The van der Waals surface area contributed by atoms with Gasteiger partial charge in [-0.25, -0.2) is 4.85 Å². The van der Waals surface area contributed by atoms with Crippen LogP contribution in [0.5, 0.6) is 0 Å². The molecule has 0 atom stereocenters. The van der Waals surface area contributed by atoms with Crippen LogP contribution in [0.1, 0.15) is 0 Å². The number of hydrogen-bond donors (Lipinski definition) is 0. The number of nitrogens with zero attached hydrogens (tertiary/aromatic N) is 1. The van der Waals surface area contributed by atoms with E-state index in [1.807, 2.05) is 54.6 Å². The molecule has 2 nitrogen and oxygen atoms in total. The van der Waals surface area contributed by atoms with Crippen LogP contribution in [0.2, 0.25) is 0 Å². The Morgan fingerprint density at radius 2 is 1.43 bits per heavy atom. The molecule has 0 radical (unpaired) electrons. The van der Waals surface area contributed by atoms with Crippen LogP contribution in [0.25, 0.3) is 37.9 Å². The van der Waals surface area contributed by atoms with Crippen molar-refractivity contribution in [2.24, 2.45) is 0 Å². The van der Waals surface area contributed by atoms with Crippen LogP contribution < -0.4 is 0 Å². The second-order valence-electron chi connectivity index (χ2n) is 4.91. The van der Waals surface area contributed by atoms with Crippen LogP contribution >= 0.6 is 0 Å². The summed E-state index contributed by atoms with van der Waals surface area (Å²) in [4.78, 5) is 3.62. The zero-order valence-corrected chi connectivity index (χ0v) is 11.2. The average Bonchev–Trinajstić information content (AvgIpc) is 2.93. The molecule has 0 fully saturated rings. The van der Waals surface area contributed by atoms with Gasteiger partial charge in [0.05, 0.1) is 6.57 Å². The molecule has 0 N–H and O–H groups in total. The Morgan fingerprint density at radius 3 is 2.33 bits per heavy atom. The molecule has 0 spiro atoms. The molecule has 0 aliphatic carbocycles. The summed E-state index contributed by atoms with van der Waals surface area (Å²) in [6, 6.07) is 21.7. The third-order valence-corrected chi connectivity index (χ3v) is 3.72. The molecule has 1 heterocycles. The molecule has 0 saturated heterocycles. The van der Waals surface area contributed by atoms with E-state index in [0.717, 1.165) is 33.1 Å². The van der Waals surface area contributed by atoms with E-state index in [1.165, 1.54) is 0 Å². The lowest BCUT2D eigenvalue weighted by Gasteiger charge is -2.04. The minimum absolute atomic E-state index is 0.644. The molecule has 0 saturated carbocycles. The van der Waals surface area contributed by atoms with Crippen LogP contribution in [0, 0.1) is 6.57 Å². The predicted octanol–water partition coefficient (Wildman–Crippen LogP) is 5.80. The number of benzene rings is 3. The SMILES string of the molecule is [C-]#[N+]c1ccccc1-c1cccc2c1oc1ccccc12. The normalized spacial score (nSPS) is 10.8. The molecule has 0 unspecified atom stereocenters. The van der Waals surface area contributed by atoms with Crippen LogP contribution in [0.3, 0.4) is 0 Å². The lowest BCUT2D eigenvalue weighted by molar-refractivity contribution is 0.670. The molecule has 4 aromatic rings. The summed E-state index contributed by atoms with van der Waals surface area (Å²) in [6.45, 7) is 7.34. The standard InChI is InChI=1S/C19H11NO/c1-20-17-11-4-2-7-13(17)15-9-6-10-16-14-8-3-5-12-18(14)21-19(15)16/h2-12H. The Hall–Kier alpha value is -3.05. The van der Waals surface area contributed by atoms with Crippen molar-refractivity contribution in [2.45, 2.75) is 0 Å². The quantitative estimate of drug-likeness (QED) is 0.399. The first-order valence-corrected chi connectivity index (χ1v) is 6.75. The minimum Gasteiger partial charge on any atom is -0.455 e. The number of rotatable bonds is 1. The first-order chi connectivity index (χ1) is 10.4. The van der Waals surface area contributed by atoms with E-state index in [2.05, 4.69) is 17.0 Å². The van der Waals surface area contributed by atoms with Crippen molar-refractivity contribution in [3.63, 3.8) is 0 Å². The highest BCUT2D eigenvalue weighted by Gasteiger charge is 2.13. The van der Waals surface area contributed by atoms with Gasteiger partial charge in [-0.15, -0.1) is 0 Å². The maximum atomic E-state index is 7.34. The second kappa shape index (κ2) is 4.50. The lowest BCUT2D eigenvalue weighted by atomic mass is 10.0. The van der Waals surface area contributed by atoms with Gasteiger partial charge in [0.25, 0.3) is 0 Å². The van der Waals surface area contributed by atoms with Gasteiger partial charge in [0.15, 0.2) is 5.69 Å². The van der Waals surface area contributed by atoms with Gasteiger partial charge in [0.1, 0.15) is 11.2 Å². The van der Waals surface area contributed by atoms with Crippen LogP contribution in [0.15, 0.2) is 71.1 Å². The van der Waals surface area contributed by atoms with Crippen molar-refractivity contribution in [1.82, 2.24) is 0 Å². The van der Waals surface area contributed by atoms with Gasteiger partial charge in [-0.2, -0.15) is 0 Å². The fourth-order valence-corrected chi connectivity index (χ4v) is 2.76. The molecular weight excluding hydrogens is 258 g/mol. The fraction of sp³-hybridized carbons (Fsp3) is 0.